The van der Waals surface area contributed by atoms with Crippen LogP contribution in [0, 0.1) is 18.3 Å². The van der Waals surface area contributed by atoms with Crippen molar-refractivity contribution in [3.05, 3.63) is 124 Å². The van der Waals surface area contributed by atoms with Gasteiger partial charge in [-0.05, 0) is 35.7 Å². The van der Waals surface area contributed by atoms with Crippen molar-refractivity contribution in [3.63, 3.8) is 0 Å². The number of nitrogens with zero attached hydrogens (tertiary/aromatic N) is 5. The average molecular weight is 518 g/mol. The highest BCUT2D eigenvalue weighted by Crippen LogP contribution is 2.30. The third-order valence-corrected chi connectivity index (χ3v) is 7.88. The molecule has 196 valence electrons. The van der Waals surface area contributed by atoms with Crippen LogP contribution in [0.1, 0.15) is 28.3 Å². The molecule has 1 N–H and O–H groups in total. The summed E-state index contributed by atoms with van der Waals surface area (Å²) in [5, 5.41) is 21.4. The largest absolute Gasteiger partial charge is 0.376 e. The summed E-state index contributed by atoms with van der Waals surface area (Å²) in [6.07, 6.45) is -0.763. The van der Waals surface area contributed by atoms with Crippen LogP contribution in [0.25, 0.3) is 16.7 Å². The molecule has 3 heterocycles. The SMILES string of the molecule is Cc1cc(=O)n2c3ccccc3n(C[C@H](O)N3CCN(C(c4ccccc4)c4ccccc4)CC3)c2c1C#N. The van der Waals surface area contributed by atoms with E-state index in [0.29, 0.717) is 29.9 Å². The van der Waals surface area contributed by atoms with Gasteiger partial charge in [-0.25, -0.2) is 0 Å². The highest BCUT2D eigenvalue weighted by Gasteiger charge is 2.29. The Balaban J connectivity index is 1.28. The molecular weight excluding hydrogens is 486 g/mol. The number of hydrogen-bond donors (Lipinski definition) is 1. The molecule has 1 saturated heterocycles. The van der Waals surface area contributed by atoms with Crippen LogP contribution in [-0.4, -0.2) is 56.3 Å². The zero-order valence-electron chi connectivity index (χ0n) is 21.9. The number of aliphatic hydroxyl groups excluding tert-OH is 1. The first-order valence-corrected chi connectivity index (χ1v) is 13.4. The summed E-state index contributed by atoms with van der Waals surface area (Å²) in [7, 11) is 0. The molecule has 3 aromatic carbocycles. The Hall–Kier alpha value is -4.22. The molecule has 39 heavy (non-hydrogen) atoms. The Morgan fingerprint density at radius 2 is 1.36 bits per heavy atom. The summed E-state index contributed by atoms with van der Waals surface area (Å²) in [6, 6.07) is 32.7. The van der Waals surface area contributed by atoms with Crippen LogP contribution in [0.3, 0.4) is 0 Å². The van der Waals surface area contributed by atoms with E-state index in [9.17, 15) is 15.2 Å². The first-order chi connectivity index (χ1) is 19.1. The fraction of sp³-hybridized carbons (Fsp3) is 0.250. The minimum absolute atomic E-state index is 0.150. The monoisotopic (exact) mass is 517 g/mol. The van der Waals surface area contributed by atoms with Gasteiger partial charge in [-0.2, -0.15) is 5.26 Å². The van der Waals surface area contributed by atoms with Crippen molar-refractivity contribution >= 4 is 16.7 Å². The van der Waals surface area contributed by atoms with Crippen molar-refractivity contribution in [3.8, 4) is 6.07 Å². The second-order valence-electron chi connectivity index (χ2n) is 10.2. The lowest BCUT2D eigenvalue weighted by atomic mass is 9.96. The molecule has 0 bridgehead atoms. The number of aliphatic hydroxyl groups is 1. The normalized spacial score (nSPS) is 15.6. The van der Waals surface area contributed by atoms with E-state index < -0.39 is 6.23 Å². The number of hydrogen-bond acceptors (Lipinski definition) is 5. The molecule has 0 aliphatic carbocycles. The molecule has 7 nitrogen and oxygen atoms in total. The van der Waals surface area contributed by atoms with Gasteiger partial charge in [0.25, 0.3) is 5.56 Å². The Labute approximate surface area is 227 Å². The Bertz CT molecular complexity index is 1670. The van der Waals surface area contributed by atoms with Gasteiger partial charge >= 0.3 is 0 Å². The summed E-state index contributed by atoms with van der Waals surface area (Å²) >= 11 is 0. The van der Waals surface area contributed by atoms with Crippen LogP contribution in [0.5, 0.6) is 0 Å². The number of aryl methyl sites for hydroxylation is 1. The molecule has 0 unspecified atom stereocenters. The zero-order valence-corrected chi connectivity index (χ0v) is 21.9. The van der Waals surface area contributed by atoms with Gasteiger partial charge in [-0.15, -0.1) is 0 Å². The predicted molar refractivity (Wildman–Crippen MR) is 152 cm³/mol. The topological polar surface area (TPSA) is 76.9 Å². The molecule has 2 aromatic heterocycles. The predicted octanol–water partition coefficient (Wildman–Crippen LogP) is 4.16. The minimum Gasteiger partial charge on any atom is -0.376 e. The number of benzene rings is 3. The summed E-state index contributed by atoms with van der Waals surface area (Å²) in [5.41, 5.74) is 5.53. The van der Waals surface area contributed by atoms with Crippen LogP contribution in [0.2, 0.25) is 0 Å². The summed E-state index contributed by atoms with van der Waals surface area (Å²) < 4.78 is 3.52. The van der Waals surface area contributed by atoms with Gasteiger partial charge in [0.1, 0.15) is 17.9 Å². The smallest absolute Gasteiger partial charge is 0.257 e. The third-order valence-electron chi connectivity index (χ3n) is 7.88. The van der Waals surface area contributed by atoms with E-state index in [0.717, 1.165) is 24.1 Å². The summed E-state index contributed by atoms with van der Waals surface area (Å²) in [6.45, 7) is 5.07. The molecule has 1 aliphatic rings. The van der Waals surface area contributed by atoms with Crippen molar-refractivity contribution < 1.29 is 5.11 Å². The van der Waals surface area contributed by atoms with Crippen LogP contribution >= 0.6 is 0 Å². The number of rotatable bonds is 6. The maximum Gasteiger partial charge on any atom is 0.257 e. The lowest BCUT2D eigenvalue weighted by Crippen LogP contribution is -2.52. The third kappa shape index (κ3) is 4.53. The maximum absolute atomic E-state index is 13.0. The Morgan fingerprint density at radius 3 is 1.95 bits per heavy atom. The Kier molecular flexibility index (Phi) is 6.76. The molecule has 1 aliphatic heterocycles. The van der Waals surface area contributed by atoms with Gasteiger partial charge in [-0.3, -0.25) is 19.0 Å². The molecule has 0 radical (unpaired) electrons. The van der Waals surface area contributed by atoms with Crippen molar-refractivity contribution in [2.45, 2.75) is 25.7 Å². The highest BCUT2D eigenvalue weighted by atomic mass is 16.3. The number of imidazole rings is 1. The molecule has 7 heteroatoms. The summed E-state index contributed by atoms with van der Waals surface area (Å²) in [4.78, 5) is 17.5. The second-order valence-corrected chi connectivity index (χ2v) is 10.2. The highest BCUT2D eigenvalue weighted by molar-refractivity contribution is 5.84. The number of para-hydroxylation sites is 2. The lowest BCUT2D eigenvalue weighted by Gasteiger charge is -2.41. The standard InChI is InChI=1S/C32H31N5O2/c1-23-20-29(38)37-28-15-9-8-14-27(28)36(32(37)26(23)21-33)22-30(39)34-16-18-35(19-17-34)31(24-10-4-2-5-11-24)25-12-6-3-7-13-25/h2-15,20,30-31,39H,16-19,22H2,1H3/t30-/m0/s1. The Morgan fingerprint density at radius 1 is 0.821 bits per heavy atom. The molecule has 1 atom stereocenters. The first kappa shape index (κ1) is 25.1. The number of piperazine rings is 1. The van der Waals surface area contributed by atoms with E-state index in [1.807, 2.05) is 41.0 Å². The molecule has 0 spiro atoms. The van der Waals surface area contributed by atoms with E-state index in [1.54, 1.807) is 11.3 Å². The van der Waals surface area contributed by atoms with Gasteiger partial charge in [0.05, 0.1) is 29.2 Å². The molecule has 0 saturated carbocycles. The van der Waals surface area contributed by atoms with Gasteiger partial charge in [0.2, 0.25) is 0 Å². The lowest BCUT2D eigenvalue weighted by molar-refractivity contribution is -0.0380. The second kappa shape index (κ2) is 10.5. The quantitative estimate of drug-likeness (QED) is 0.366. The van der Waals surface area contributed by atoms with Crippen molar-refractivity contribution in [2.75, 3.05) is 26.2 Å². The van der Waals surface area contributed by atoms with E-state index in [1.165, 1.54) is 17.2 Å². The van der Waals surface area contributed by atoms with Crippen molar-refractivity contribution in [2.24, 2.45) is 0 Å². The number of aromatic nitrogens is 2. The molecule has 5 aromatic rings. The van der Waals surface area contributed by atoms with Crippen LogP contribution in [0.15, 0.2) is 95.8 Å². The fourth-order valence-electron chi connectivity index (χ4n) is 5.98. The van der Waals surface area contributed by atoms with Gasteiger partial charge < -0.3 is 9.67 Å². The maximum atomic E-state index is 13.0. The van der Waals surface area contributed by atoms with Gasteiger partial charge in [0.15, 0.2) is 0 Å². The number of nitriles is 1. The number of pyridine rings is 1. The van der Waals surface area contributed by atoms with E-state index in [2.05, 4.69) is 64.4 Å². The van der Waals surface area contributed by atoms with E-state index in [-0.39, 0.29) is 18.1 Å². The molecule has 0 amide bonds. The molecule has 1 fully saturated rings. The zero-order chi connectivity index (χ0) is 26.9. The fourth-order valence-corrected chi connectivity index (χ4v) is 5.98. The molecular formula is C32H31N5O2. The number of fused-ring (bicyclic) bond motifs is 3. The van der Waals surface area contributed by atoms with E-state index >= 15 is 0 Å². The van der Waals surface area contributed by atoms with Crippen LogP contribution < -0.4 is 5.56 Å². The minimum atomic E-state index is -0.763. The first-order valence-electron chi connectivity index (χ1n) is 13.4. The van der Waals surface area contributed by atoms with E-state index in [4.69, 9.17) is 0 Å². The van der Waals surface area contributed by atoms with Crippen LogP contribution in [-0.2, 0) is 6.54 Å². The molecule has 6 rings (SSSR count). The van der Waals surface area contributed by atoms with Crippen molar-refractivity contribution in [1.82, 2.24) is 18.8 Å². The van der Waals surface area contributed by atoms with Gasteiger partial charge in [-0.1, -0.05) is 72.8 Å². The summed E-state index contributed by atoms with van der Waals surface area (Å²) in [5.74, 6) is 0. The van der Waals surface area contributed by atoms with Gasteiger partial charge in [0, 0.05) is 32.2 Å². The van der Waals surface area contributed by atoms with Crippen molar-refractivity contribution in [1.29, 1.82) is 5.26 Å². The average Bonchev–Trinajstić information content (AvgIpc) is 3.29. The van der Waals surface area contributed by atoms with Crippen LogP contribution in [0.4, 0.5) is 0 Å².